The Balaban J connectivity index is 2.00. The molecule has 2 amide bonds. The molecule has 0 aliphatic rings. The minimum atomic E-state index is -0.728. The van der Waals surface area contributed by atoms with Crippen LogP contribution in [0.2, 0.25) is 15.1 Å². The molecule has 178 valence electrons. The first-order valence-corrected chi connectivity index (χ1v) is 12.2. The summed E-state index contributed by atoms with van der Waals surface area (Å²) in [5, 5.41) is 4.31. The molecule has 3 rings (SSSR count). The van der Waals surface area contributed by atoms with E-state index in [4.69, 9.17) is 34.8 Å². The molecule has 0 saturated heterocycles. The van der Waals surface area contributed by atoms with Crippen molar-refractivity contribution >= 4 is 46.6 Å². The molecule has 0 fully saturated rings. The molecule has 0 spiro atoms. The number of amides is 2. The van der Waals surface area contributed by atoms with Crippen LogP contribution in [0.15, 0.2) is 72.8 Å². The van der Waals surface area contributed by atoms with Crippen LogP contribution in [-0.2, 0) is 29.0 Å². The molecule has 0 aromatic heterocycles. The Morgan fingerprint density at radius 3 is 2.15 bits per heavy atom. The van der Waals surface area contributed by atoms with Gasteiger partial charge in [0, 0.05) is 24.0 Å². The lowest BCUT2D eigenvalue weighted by Gasteiger charge is -2.32. The van der Waals surface area contributed by atoms with Gasteiger partial charge in [-0.3, -0.25) is 9.59 Å². The molecular weight excluding hydrogens is 491 g/mol. The van der Waals surface area contributed by atoms with Crippen molar-refractivity contribution in [1.29, 1.82) is 0 Å². The standard InChI is InChI=1S/C27H27Cl3N2O2/c1-18(2)31-27(34)25(15-19-8-4-3-5-9-19)32(17-20-12-13-23(29)24(30)14-20)26(33)16-21-10-6-7-11-22(21)28/h3-14,18,25H,15-17H2,1-2H3,(H,31,34)/t25-/m0/s1. The number of hydrogen-bond acceptors (Lipinski definition) is 2. The summed E-state index contributed by atoms with van der Waals surface area (Å²) in [4.78, 5) is 28.6. The first kappa shape index (κ1) is 26.1. The van der Waals surface area contributed by atoms with E-state index in [2.05, 4.69) is 5.32 Å². The number of nitrogens with zero attached hydrogens (tertiary/aromatic N) is 1. The maximum atomic E-state index is 13.7. The Kier molecular flexibility index (Phi) is 9.40. The fraction of sp³-hybridized carbons (Fsp3) is 0.259. The molecule has 1 atom stereocenters. The highest BCUT2D eigenvalue weighted by atomic mass is 35.5. The zero-order valence-electron chi connectivity index (χ0n) is 19.1. The fourth-order valence-electron chi connectivity index (χ4n) is 3.68. The van der Waals surface area contributed by atoms with Gasteiger partial charge < -0.3 is 10.2 Å². The van der Waals surface area contributed by atoms with E-state index < -0.39 is 6.04 Å². The Morgan fingerprint density at radius 1 is 0.824 bits per heavy atom. The monoisotopic (exact) mass is 516 g/mol. The third kappa shape index (κ3) is 7.23. The summed E-state index contributed by atoms with van der Waals surface area (Å²) in [6.07, 6.45) is 0.441. The Morgan fingerprint density at radius 2 is 1.50 bits per heavy atom. The van der Waals surface area contributed by atoms with Gasteiger partial charge in [0.25, 0.3) is 0 Å². The Hall–Kier alpha value is -2.53. The van der Waals surface area contributed by atoms with Crippen LogP contribution in [0.5, 0.6) is 0 Å². The average Bonchev–Trinajstić information content (AvgIpc) is 2.80. The van der Waals surface area contributed by atoms with Crippen LogP contribution in [0.25, 0.3) is 0 Å². The predicted molar refractivity (Wildman–Crippen MR) is 139 cm³/mol. The molecule has 0 radical (unpaired) electrons. The van der Waals surface area contributed by atoms with Crippen LogP contribution >= 0.6 is 34.8 Å². The molecule has 0 bridgehead atoms. The van der Waals surface area contributed by atoms with Gasteiger partial charge in [0.15, 0.2) is 0 Å². The highest BCUT2D eigenvalue weighted by Gasteiger charge is 2.31. The summed E-state index contributed by atoms with van der Waals surface area (Å²) < 4.78 is 0. The summed E-state index contributed by atoms with van der Waals surface area (Å²) in [6.45, 7) is 3.99. The van der Waals surface area contributed by atoms with Crippen molar-refractivity contribution in [3.8, 4) is 0 Å². The Bertz CT molecular complexity index is 1140. The SMILES string of the molecule is CC(C)NC(=O)[C@H](Cc1ccccc1)N(Cc1ccc(Cl)c(Cl)c1)C(=O)Cc1ccccc1Cl. The van der Waals surface area contributed by atoms with Gasteiger partial charge in [-0.05, 0) is 48.7 Å². The second-order valence-electron chi connectivity index (χ2n) is 8.41. The summed E-state index contributed by atoms with van der Waals surface area (Å²) in [7, 11) is 0. The van der Waals surface area contributed by atoms with Crippen molar-refractivity contribution < 1.29 is 9.59 Å². The molecule has 0 heterocycles. The van der Waals surface area contributed by atoms with Crippen molar-refractivity contribution in [2.75, 3.05) is 0 Å². The summed E-state index contributed by atoms with van der Waals surface area (Å²) in [6, 6.07) is 21.3. The van der Waals surface area contributed by atoms with E-state index in [1.54, 1.807) is 23.1 Å². The number of hydrogen-bond donors (Lipinski definition) is 1. The van der Waals surface area contributed by atoms with Crippen molar-refractivity contribution in [3.63, 3.8) is 0 Å². The van der Waals surface area contributed by atoms with Crippen molar-refractivity contribution in [3.05, 3.63) is 105 Å². The molecule has 1 N–H and O–H groups in total. The fourth-order valence-corrected chi connectivity index (χ4v) is 4.20. The van der Waals surface area contributed by atoms with Crippen LogP contribution in [0, 0.1) is 0 Å². The number of benzene rings is 3. The van der Waals surface area contributed by atoms with Crippen LogP contribution in [0.4, 0.5) is 0 Å². The van der Waals surface area contributed by atoms with E-state index >= 15 is 0 Å². The van der Waals surface area contributed by atoms with Crippen LogP contribution in [-0.4, -0.2) is 28.8 Å². The summed E-state index contributed by atoms with van der Waals surface area (Å²) in [5.41, 5.74) is 2.43. The normalized spacial score (nSPS) is 11.8. The molecule has 4 nitrogen and oxygen atoms in total. The quantitative estimate of drug-likeness (QED) is 0.359. The van der Waals surface area contributed by atoms with Gasteiger partial charge in [-0.1, -0.05) is 89.4 Å². The van der Waals surface area contributed by atoms with E-state index in [0.717, 1.165) is 11.1 Å². The molecule has 0 aliphatic carbocycles. The molecular formula is C27H27Cl3N2O2. The lowest BCUT2D eigenvalue weighted by Crippen LogP contribution is -2.52. The van der Waals surface area contributed by atoms with E-state index in [-0.39, 0.29) is 30.8 Å². The third-order valence-electron chi connectivity index (χ3n) is 5.34. The second-order valence-corrected chi connectivity index (χ2v) is 9.63. The van der Waals surface area contributed by atoms with Gasteiger partial charge in [0.05, 0.1) is 16.5 Å². The highest BCUT2D eigenvalue weighted by molar-refractivity contribution is 6.42. The van der Waals surface area contributed by atoms with E-state index in [9.17, 15) is 9.59 Å². The van der Waals surface area contributed by atoms with Crippen LogP contribution in [0.1, 0.15) is 30.5 Å². The van der Waals surface area contributed by atoms with Crippen LogP contribution < -0.4 is 5.32 Å². The molecule has 7 heteroatoms. The van der Waals surface area contributed by atoms with Gasteiger partial charge in [-0.25, -0.2) is 0 Å². The number of halogens is 3. The summed E-state index contributed by atoms with van der Waals surface area (Å²) in [5.74, 6) is -0.426. The lowest BCUT2D eigenvalue weighted by atomic mass is 10.0. The van der Waals surface area contributed by atoms with Crippen LogP contribution in [0.3, 0.4) is 0 Å². The highest BCUT2D eigenvalue weighted by Crippen LogP contribution is 2.25. The smallest absolute Gasteiger partial charge is 0.243 e. The van der Waals surface area contributed by atoms with Crippen molar-refractivity contribution in [2.24, 2.45) is 0 Å². The Labute approximate surface area is 215 Å². The van der Waals surface area contributed by atoms with E-state index in [1.807, 2.05) is 68.4 Å². The lowest BCUT2D eigenvalue weighted by molar-refractivity contribution is -0.141. The zero-order chi connectivity index (χ0) is 24.7. The topological polar surface area (TPSA) is 49.4 Å². The molecule has 3 aromatic rings. The van der Waals surface area contributed by atoms with Crippen molar-refractivity contribution in [2.45, 2.75) is 45.3 Å². The first-order chi connectivity index (χ1) is 16.2. The zero-order valence-corrected chi connectivity index (χ0v) is 21.4. The molecule has 0 aliphatic heterocycles. The number of carbonyl (C=O) groups excluding carboxylic acids is 2. The molecule has 0 saturated carbocycles. The molecule has 0 unspecified atom stereocenters. The number of nitrogens with one attached hydrogen (secondary N) is 1. The van der Waals surface area contributed by atoms with Gasteiger partial charge in [-0.15, -0.1) is 0 Å². The first-order valence-electron chi connectivity index (χ1n) is 11.1. The van der Waals surface area contributed by atoms with Gasteiger partial charge >= 0.3 is 0 Å². The van der Waals surface area contributed by atoms with E-state index in [0.29, 0.717) is 27.1 Å². The van der Waals surface area contributed by atoms with Gasteiger partial charge in [0.1, 0.15) is 6.04 Å². The number of carbonyl (C=O) groups is 2. The predicted octanol–water partition coefficient (Wildman–Crippen LogP) is 6.35. The summed E-state index contributed by atoms with van der Waals surface area (Å²) >= 11 is 18.7. The van der Waals surface area contributed by atoms with E-state index in [1.165, 1.54) is 0 Å². The minimum absolute atomic E-state index is 0.0707. The minimum Gasteiger partial charge on any atom is -0.352 e. The van der Waals surface area contributed by atoms with Gasteiger partial charge in [-0.2, -0.15) is 0 Å². The second kappa shape index (κ2) is 12.3. The van der Waals surface area contributed by atoms with Gasteiger partial charge in [0.2, 0.25) is 11.8 Å². The maximum Gasteiger partial charge on any atom is 0.243 e. The molecule has 34 heavy (non-hydrogen) atoms. The maximum absolute atomic E-state index is 13.7. The third-order valence-corrected chi connectivity index (χ3v) is 6.45. The number of rotatable bonds is 9. The average molecular weight is 518 g/mol. The van der Waals surface area contributed by atoms with Crippen molar-refractivity contribution in [1.82, 2.24) is 10.2 Å². The largest absolute Gasteiger partial charge is 0.352 e. The molecule has 3 aromatic carbocycles.